The SMILES string of the molecule is O=[C]Sc1ccccc1. The third-order valence-electron chi connectivity index (χ3n) is 0.903. The monoisotopic (exact) mass is 137 g/mol. The summed E-state index contributed by atoms with van der Waals surface area (Å²) in [4.78, 5) is 10.7. The predicted octanol–water partition coefficient (Wildman–Crippen LogP) is 1.85. The summed E-state index contributed by atoms with van der Waals surface area (Å²) in [5.41, 5.74) is 1.75. The first-order chi connectivity index (χ1) is 4.43. The third kappa shape index (κ3) is 1.90. The molecule has 0 bridgehead atoms. The Balaban J connectivity index is 2.72. The highest BCUT2D eigenvalue weighted by Crippen LogP contribution is 2.12. The molecule has 45 valence electrons. The highest BCUT2D eigenvalue weighted by atomic mass is 32.2. The summed E-state index contributed by atoms with van der Waals surface area (Å²) < 4.78 is 0. The molecule has 0 spiro atoms. The van der Waals surface area contributed by atoms with Gasteiger partial charge in [0.25, 0.3) is 5.62 Å². The fraction of sp³-hybridized carbons (Fsp3) is 0. The molecule has 0 fully saturated rings. The molecule has 1 aromatic rings. The van der Waals surface area contributed by atoms with Gasteiger partial charge in [0.15, 0.2) is 0 Å². The minimum Gasteiger partial charge on any atom is -0.277 e. The van der Waals surface area contributed by atoms with Crippen LogP contribution in [-0.2, 0) is 4.79 Å². The van der Waals surface area contributed by atoms with Crippen LogP contribution < -0.4 is 0 Å². The van der Waals surface area contributed by atoms with Gasteiger partial charge in [-0.2, -0.15) is 0 Å². The van der Waals surface area contributed by atoms with Crippen LogP contribution in [0.25, 0.3) is 0 Å². The Morgan fingerprint density at radius 3 is 2.44 bits per heavy atom. The van der Waals surface area contributed by atoms with Gasteiger partial charge < -0.3 is 0 Å². The maximum atomic E-state index is 9.81. The summed E-state index contributed by atoms with van der Waals surface area (Å²) in [5.74, 6) is 0. The summed E-state index contributed by atoms with van der Waals surface area (Å²) in [5, 5.41) is 0. The highest BCUT2D eigenvalue weighted by molar-refractivity contribution is 8.11. The maximum absolute atomic E-state index is 9.81. The number of hydrogen-bond donors (Lipinski definition) is 0. The summed E-state index contributed by atoms with van der Waals surface area (Å²) >= 11 is 1.07. The van der Waals surface area contributed by atoms with Gasteiger partial charge >= 0.3 is 0 Å². The third-order valence-corrected chi connectivity index (χ3v) is 1.49. The van der Waals surface area contributed by atoms with Crippen molar-refractivity contribution in [2.75, 3.05) is 0 Å². The molecule has 0 aliphatic rings. The van der Waals surface area contributed by atoms with E-state index in [-0.39, 0.29) is 0 Å². The standard InChI is InChI=1S/C7H5OS/c8-6-9-7-4-2-1-3-5-7/h1-5H. The molecule has 1 rings (SSSR count). The van der Waals surface area contributed by atoms with Crippen molar-refractivity contribution in [3.05, 3.63) is 30.3 Å². The lowest BCUT2D eigenvalue weighted by Gasteiger charge is -1.87. The molecular weight excluding hydrogens is 132 g/mol. The fourth-order valence-corrected chi connectivity index (χ4v) is 0.926. The number of carbonyl (C=O) groups excluding carboxylic acids is 1. The molecule has 0 amide bonds. The van der Waals surface area contributed by atoms with Gasteiger partial charge in [0.2, 0.25) is 0 Å². The quantitative estimate of drug-likeness (QED) is 0.578. The second kappa shape index (κ2) is 3.30. The second-order valence-electron chi connectivity index (χ2n) is 1.50. The number of rotatable bonds is 2. The molecule has 1 aromatic carbocycles. The molecule has 0 aliphatic heterocycles. The van der Waals surface area contributed by atoms with Crippen LogP contribution in [0.5, 0.6) is 0 Å². The molecule has 0 N–H and O–H groups in total. The summed E-state index contributed by atoms with van der Waals surface area (Å²) in [6, 6.07) is 9.43. The van der Waals surface area contributed by atoms with E-state index in [2.05, 4.69) is 0 Å². The molecule has 1 nitrogen and oxygen atoms in total. The molecule has 9 heavy (non-hydrogen) atoms. The minimum atomic E-state index is 0.938. The van der Waals surface area contributed by atoms with E-state index < -0.39 is 0 Å². The Morgan fingerprint density at radius 1 is 1.22 bits per heavy atom. The van der Waals surface area contributed by atoms with E-state index in [4.69, 9.17) is 0 Å². The van der Waals surface area contributed by atoms with Crippen molar-refractivity contribution in [2.45, 2.75) is 4.90 Å². The largest absolute Gasteiger partial charge is 0.277 e. The normalized spacial score (nSPS) is 8.89. The zero-order valence-corrected chi connectivity index (χ0v) is 5.52. The van der Waals surface area contributed by atoms with Crippen LogP contribution in [0.4, 0.5) is 0 Å². The van der Waals surface area contributed by atoms with E-state index >= 15 is 0 Å². The van der Waals surface area contributed by atoms with Gasteiger partial charge in [0.1, 0.15) is 0 Å². The van der Waals surface area contributed by atoms with Crippen LogP contribution in [-0.4, -0.2) is 5.62 Å². The highest BCUT2D eigenvalue weighted by Gasteiger charge is 1.86. The van der Waals surface area contributed by atoms with Crippen molar-refractivity contribution in [1.82, 2.24) is 0 Å². The zero-order valence-electron chi connectivity index (χ0n) is 4.70. The Hall–Kier alpha value is -0.760. The van der Waals surface area contributed by atoms with Crippen LogP contribution in [0.1, 0.15) is 0 Å². The molecule has 0 unspecified atom stereocenters. The topological polar surface area (TPSA) is 17.1 Å². The van der Waals surface area contributed by atoms with Crippen LogP contribution in [0.2, 0.25) is 0 Å². The molecule has 1 radical (unpaired) electrons. The first-order valence-corrected chi connectivity index (χ1v) is 3.34. The summed E-state index contributed by atoms with van der Waals surface area (Å²) in [6.45, 7) is 0. The first kappa shape index (κ1) is 6.36. The van der Waals surface area contributed by atoms with E-state index in [9.17, 15) is 4.79 Å². The van der Waals surface area contributed by atoms with Crippen LogP contribution in [0, 0.1) is 0 Å². The van der Waals surface area contributed by atoms with E-state index in [0.29, 0.717) is 0 Å². The van der Waals surface area contributed by atoms with E-state index in [1.807, 2.05) is 30.3 Å². The van der Waals surface area contributed by atoms with Crippen LogP contribution >= 0.6 is 11.8 Å². The van der Waals surface area contributed by atoms with Crippen LogP contribution in [0.3, 0.4) is 0 Å². The molecule has 0 saturated carbocycles. The smallest absolute Gasteiger partial charge is 0.271 e. The van der Waals surface area contributed by atoms with Gasteiger partial charge in [-0.05, 0) is 23.9 Å². The van der Waals surface area contributed by atoms with Gasteiger partial charge in [-0.25, -0.2) is 0 Å². The Labute approximate surface area is 58.1 Å². The van der Waals surface area contributed by atoms with Crippen molar-refractivity contribution in [1.29, 1.82) is 0 Å². The van der Waals surface area contributed by atoms with Crippen LogP contribution in [0.15, 0.2) is 35.2 Å². The molecule has 2 heteroatoms. The van der Waals surface area contributed by atoms with Crippen molar-refractivity contribution in [2.24, 2.45) is 0 Å². The first-order valence-electron chi connectivity index (χ1n) is 2.52. The van der Waals surface area contributed by atoms with Gasteiger partial charge in [-0.3, -0.25) is 4.79 Å². The maximum Gasteiger partial charge on any atom is 0.271 e. The second-order valence-corrected chi connectivity index (χ2v) is 2.34. The van der Waals surface area contributed by atoms with Gasteiger partial charge in [-0.15, -0.1) is 0 Å². The number of hydrogen-bond acceptors (Lipinski definition) is 2. The average molecular weight is 137 g/mol. The lowest BCUT2D eigenvalue weighted by Crippen LogP contribution is -1.66. The summed E-state index contributed by atoms with van der Waals surface area (Å²) in [7, 11) is 0. The van der Waals surface area contributed by atoms with E-state index in [1.54, 1.807) is 5.62 Å². The predicted molar refractivity (Wildman–Crippen MR) is 38.0 cm³/mol. The average Bonchev–Trinajstić information content (AvgIpc) is 1.91. The molecule has 0 aliphatic carbocycles. The van der Waals surface area contributed by atoms with E-state index in [1.165, 1.54) is 0 Å². The molecular formula is C7H5OS. The number of thioether (sulfide) groups is 1. The molecule has 0 aromatic heterocycles. The summed E-state index contributed by atoms with van der Waals surface area (Å²) in [6.07, 6.45) is 0. The fourth-order valence-electron chi connectivity index (χ4n) is 0.537. The minimum absolute atomic E-state index is 0.938. The number of benzene rings is 1. The van der Waals surface area contributed by atoms with Crippen molar-refractivity contribution in [3.8, 4) is 0 Å². The van der Waals surface area contributed by atoms with Crippen molar-refractivity contribution >= 4 is 17.4 Å². The van der Waals surface area contributed by atoms with Crippen molar-refractivity contribution in [3.63, 3.8) is 0 Å². The van der Waals surface area contributed by atoms with Gasteiger partial charge in [0.05, 0.1) is 0 Å². The van der Waals surface area contributed by atoms with Crippen molar-refractivity contribution < 1.29 is 4.79 Å². The van der Waals surface area contributed by atoms with E-state index in [0.717, 1.165) is 16.7 Å². The Kier molecular flexibility index (Phi) is 2.33. The lowest BCUT2D eigenvalue weighted by molar-refractivity contribution is 0.570. The Bertz CT molecular complexity index is 183. The zero-order chi connectivity index (χ0) is 6.53. The lowest BCUT2D eigenvalue weighted by atomic mass is 10.4. The van der Waals surface area contributed by atoms with Gasteiger partial charge in [0, 0.05) is 4.90 Å². The Morgan fingerprint density at radius 2 is 1.89 bits per heavy atom. The molecule has 0 saturated heterocycles. The molecule has 0 heterocycles. The molecule has 0 atom stereocenters. The van der Waals surface area contributed by atoms with Gasteiger partial charge in [-0.1, -0.05) is 18.2 Å².